The summed E-state index contributed by atoms with van der Waals surface area (Å²) in [5.41, 5.74) is 3.40. The molecule has 0 fully saturated rings. The van der Waals surface area contributed by atoms with Crippen LogP contribution in [-0.2, 0) is 0 Å². The molecular weight excluding hydrogens is 426 g/mol. The minimum Gasteiger partial charge on any atom is -0.497 e. The van der Waals surface area contributed by atoms with Crippen LogP contribution in [0.2, 0.25) is 0 Å². The van der Waals surface area contributed by atoms with Crippen molar-refractivity contribution in [1.29, 1.82) is 0 Å². The van der Waals surface area contributed by atoms with E-state index < -0.39 is 12.1 Å². The lowest BCUT2D eigenvalue weighted by molar-refractivity contribution is 0.217. The molecule has 6 nitrogen and oxygen atoms in total. The van der Waals surface area contributed by atoms with Crippen LogP contribution in [0.5, 0.6) is 11.5 Å². The predicted octanol–water partition coefficient (Wildman–Crippen LogP) is 5.12. The van der Waals surface area contributed by atoms with Gasteiger partial charge in [-0.15, -0.1) is 0 Å². The maximum Gasteiger partial charge on any atom is 0.226 e. The smallest absolute Gasteiger partial charge is 0.226 e. The first-order valence-corrected chi connectivity index (χ1v) is 10.4. The molecule has 0 saturated carbocycles. The van der Waals surface area contributed by atoms with Crippen molar-refractivity contribution in [1.82, 2.24) is 14.8 Å². The number of halogens is 2. The van der Waals surface area contributed by atoms with Crippen molar-refractivity contribution < 1.29 is 18.3 Å². The standard InChI is InChI=1S/C25H18F2N4O2/c1-32-16-10-11-20-18(12-16)22-21(24(33-20)17-4-2-3-5-19(17)27)23(14-6-8-15(26)9-7-14)31-25(30-22)28-13-29-31/h2-13,23-24H,1H3,(H,28,29,30)/t23-,24+/m0/s1. The van der Waals surface area contributed by atoms with Crippen molar-refractivity contribution >= 4 is 11.6 Å². The monoisotopic (exact) mass is 444 g/mol. The maximum atomic E-state index is 15.0. The van der Waals surface area contributed by atoms with Crippen LogP contribution in [0.4, 0.5) is 14.7 Å². The zero-order valence-corrected chi connectivity index (χ0v) is 17.5. The van der Waals surface area contributed by atoms with Gasteiger partial charge in [-0.25, -0.2) is 13.5 Å². The molecule has 33 heavy (non-hydrogen) atoms. The van der Waals surface area contributed by atoms with Gasteiger partial charge in [-0.3, -0.25) is 0 Å². The quantitative estimate of drug-likeness (QED) is 0.475. The molecule has 2 aliphatic rings. The molecule has 0 saturated heterocycles. The number of fused-ring (bicyclic) bond motifs is 3. The van der Waals surface area contributed by atoms with E-state index in [4.69, 9.17) is 9.47 Å². The minimum atomic E-state index is -0.748. The molecule has 0 amide bonds. The van der Waals surface area contributed by atoms with E-state index in [9.17, 15) is 4.39 Å². The second-order valence-corrected chi connectivity index (χ2v) is 7.82. The molecule has 1 N–H and O–H groups in total. The number of nitrogens with zero attached hydrogens (tertiary/aromatic N) is 3. The average molecular weight is 444 g/mol. The highest BCUT2D eigenvalue weighted by Gasteiger charge is 2.41. The number of benzene rings is 3. The molecule has 164 valence electrons. The van der Waals surface area contributed by atoms with Crippen molar-refractivity contribution in [3.05, 3.63) is 107 Å². The van der Waals surface area contributed by atoms with Gasteiger partial charge in [0.05, 0.1) is 12.8 Å². The zero-order chi connectivity index (χ0) is 22.5. The van der Waals surface area contributed by atoms with Gasteiger partial charge in [0.15, 0.2) is 6.10 Å². The van der Waals surface area contributed by atoms with Crippen LogP contribution < -0.4 is 14.8 Å². The maximum absolute atomic E-state index is 15.0. The Balaban J connectivity index is 1.65. The van der Waals surface area contributed by atoms with Gasteiger partial charge in [-0.1, -0.05) is 30.3 Å². The second-order valence-electron chi connectivity index (χ2n) is 7.82. The van der Waals surface area contributed by atoms with E-state index in [-0.39, 0.29) is 11.6 Å². The summed E-state index contributed by atoms with van der Waals surface area (Å²) in [7, 11) is 1.59. The summed E-state index contributed by atoms with van der Waals surface area (Å²) >= 11 is 0. The molecule has 2 aliphatic heterocycles. The van der Waals surface area contributed by atoms with Crippen molar-refractivity contribution in [3.8, 4) is 11.5 Å². The summed E-state index contributed by atoms with van der Waals surface area (Å²) in [5, 5.41) is 7.76. The van der Waals surface area contributed by atoms with E-state index in [2.05, 4.69) is 15.4 Å². The number of hydrogen-bond acceptors (Lipinski definition) is 5. The van der Waals surface area contributed by atoms with Gasteiger partial charge in [0.25, 0.3) is 0 Å². The van der Waals surface area contributed by atoms with E-state index >= 15 is 4.39 Å². The van der Waals surface area contributed by atoms with Gasteiger partial charge < -0.3 is 14.8 Å². The van der Waals surface area contributed by atoms with Crippen LogP contribution in [0.3, 0.4) is 0 Å². The fourth-order valence-electron chi connectivity index (χ4n) is 4.49. The molecule has 1 aromatic heterocycles. The van der Waals surface area contributed by atoms with Crippen LogP contribution in [0.1, 0.15) is 28.8 Å². The van der Waals surface area contributed by atoms with Crippen molar-refractivity contribution in [3.63, 3.8) is 0 Å². The van der Waals surface area contributed by atoms with Crippen LogP contribution in [0.25, 0.3) is 5.70 Å². The van der Waals surface area contributed by atoms with E-state index in [0.717, 1.165) is 22.4 Å². The van der Waals surface area contributed by atoms with Gasteiger partial charge in [0.1, 0.15) is 35.5 Å². The molecule has 2 atom stereocenters. The van der Waals surface area contributed by atoms with Crippen molar-refractivity contribution in [2.75, 3.05) is 12.4 Å². The summed E-state index contributed by atoms with van der Waals surface area (Å²) < 4.78 is 42.3. The Kier molecular flexibility index (Phi) is 4.39. The summed E-state index contributed by atoms with van der Waals surface area (Å²) in [4.78, 5) is 4.36. The minimum absolute atomic E-state index is 0.346. The number of ether oxygens (including phenoxy) is 2. The summed E-state index contributed by atoms with van der Waals surface area (Å²) in [5.74, 6) is 1.03. The van der Waals surface area contributed by atoms with Crippen LogP contribution in [-0.4, -0.2) is 21.9 Å². The highest BCUT2D eigenvalue weighted by Crippen LogP contribution is 2.51. The second kappa shape index (κ2) is 7.44. The van der Waals surface area contributed by atoms with E-state index in [1.165, 1.54) is 24.5 Å². The van der Waals surface area contributed by atoms with Gasteiger partial charge in [0.2, 0.25) is 5.95 Å². The van der Waals surface area contributed by atoms with Gasteiger partial charge >= 0.3 is 0 Å². The van der Waals surface area contributed by atoms with Gasteiger partial charge in [-0.05, 0) is 42.0 Å². The number of hydrogen-bond donors (Lipinski definition) is 1. The van der Waals surface area contributed by atoms with Crippen LogP contribution in [0, 0.1) is 11.6 Å². The summed E-state index contributed by atoms with van der Waals surface area (Å²) in [6, 6.07) is 17.7. The highest BCUT2D eigenvalue weighted by atomic mass is 19.1. The highest BCUT2D eigenvalue weighted by molar-refractivity contribution is 5.85. The van der Waals surface area contributed by atoms with Crippen LogP contribution >= 0.6 is 0 Å². The van der Waals surface area contributed by atoms with Crippen molar-refractivity contribution in [2.24, 2.45) is 0 Å². The first kappa shape index (κ1) is 19.5. The fraction of sp³-hybridized carbons (Fsp3) is 0.120. The number of anilines is 1. The predicted molar refractivity (Wildman–Crippen MR) is 118 cm³/mol. The first-order valence-electron chi connectivity index (χ1n) is 10.4. The summed E-state index contributed by atoms with van der Waals surface area (Å²) in [6.07, 6.45) is 0.699. The summed E-state index contributed by atoms with van der Waals surface area (Å²) in [6.45, 7) is 0. The number of methoxy groups -OCH3 is 1. The number of aromatic nitrogens is 3. The lowest BCUT2D eigenvalue weighted by Gasteiger charge is -2.39. The lowest BCUT2D eigenvalue weighted by Crippen LogP contribution is -2.32. The molecule has 6 rings (SSSR count). The van der Waals surface area contributed by atoms with E-state index in [1.807, 2.05) is 6.07 Å². The molecule has 0 bridgehead atoms. The third-order valence-electron chi connectivity index (χ3n) is 5.99. The van der Waals surface area contributed by atoms with Gasteiger partial charge in [-0.2, -0.15) is 10.1 Å². The third-order valence-corrected chi connectivity index (χ3v) is 5.99. The lowest BCUT2D eigenvalue weighted by atomic mass is 9.84. The third kappa shape index (κ3) is 3.06. The van der Waals surface area contributed by atoms with E-state index in [0.29, 0.717) is 23.0 Å². The molecule has 0 unspecified atom stereocenters. The Hall–Kier alpha value is -4.20. The first-order chi connectivity index (χ1) is 16.1. The topological polar surface area (TPSA) is 61.2 Å². The molecular formula is C25H18F2N4O2. The Labute approximate surface area is 188 Å². The fourth-order valence-corrected chi connectivity index (χ4v) is 4.49. The van der Waals surface area contributed by atoms with Crippen molar-refractivity contribution in [2.45, 2.75) is 12.1 Å². The van der Waals surface area contributed by atoms with Crippen LogP contribution in [0.15, 0.2) is 78.6 Å². The number of nitrogens with one attached hydrogen (secondary N) is 1. The largest absolute Gasteiger partial charge is 0.497 e. The molecule has 3 aromatic carbocycles. The Morgan fingerprint density at radius 1 is 1.03 bits per heavy atom. The van der Waals surface area contributed by atoms with Gasteiger partial charge in [0, 0.05) is 16.7 Å². The normalized spacial score (nSPS) is 18.5. The molecule has 4 aromatic rings. The molecule has 0 spiro atoms. The molecule has 0 aliphatic carbocycles. The van der Waals surface area contributed by atoms with E-state index in [1.54, 1.807) is 54.3 Å². The Bertz CT molecular complexity index is 1400. The Morgan fingerprint density at radius 3 is 2.64 bits per heavy atom. The average Bonchev–Trinajstić information content (AvgIpc) is 3.31. The Morgan fingerprint density at radius 2 is 1.85 bits per heavy atom. The zero-order valence-electron chi connectivity index (χ0n) is 17.5. The number of rotatable bonds is 3. The molecule has 8 heteroatoms. The molecule has 3 heterocycles. The molecule has 0 radical (unpaired) electrons. The SMILES string of the molecule is COc1ccc2c(c1)C1=C([C@H](c3ccc(F)cc3)n3ncnc3N1)[C@@H](c1ccccc1F)O2.